The minimum absolute atomic E-state index is 0.564. The van der Waals surface area contributed by atoms with Gasteiger partial charge in [0.05, 0.1) is 18.7 Å². The van der Waals surface area contributed by atoms with Crippen molar-refractivity contribution >= 4 is 28.1 Å². The Morgan fingerprint density at radius 2 is 2.25 bits per heavy atom. The first-order chi connectivity index (χ1) is 9.74. The summed E-state index contributed by atoms with van der Waals surface area (Å²) in [7, 11) is 1.61. The molecule has 2 aromatic rings. The fraction of sp³-hybridized carbons (Fsp3) is 0.357. The van der Waals surface area contributed by atoms with E-state index in [0.717, 1.165) is 17.1 Å². The van der Waals surface area contributed by atoms with Crippen molar-refractivity contribution in [3.8, 4) is 11.5 Å². The normalized spacial score (nSPS) is 10.3. The zero-order valence-electron chi connectivity index (χ0n) is 11.5. The fourth-order valence-corrected chi connectivity index (χ4v) is 2.52. The van der Waals surface area contributed by atoms with E-state index in [0.29, 0.717) is 29.7 Å². The lowest BCUT2D eigenvalue weighted by atomic mass is 10.2. The Bertz CT molecular complexity index is 546. The maximum Gasteiger partial charge on any atom is 0.182 e. The highest BCUT2D eigenvalue weighted by molar-refractivity contribution is 7.13. The van der Waals surface area contributed by atoms with Gasteiger partial charge in [-0.2, -0.15) is 0 Å². The molecule has 0 bridgehead atoms. The van der Waals surface area contributed by atoms with Gasteiger partial charge in [0.2, 0.25) is 0 Å². The van der Waals surface area contributed by atoms with E-state index < -0.39 is 0 Å². The van der Waals surface area contributed by atoms with Crippen LogP contribution in [0.1, 0.15) is 18.9 Å². The number of thiazole rings is 1. The molecule has 1 N–H and O–H groups in total. The van der Waals surface area contributed by atoms with Gasteiger partial charge in [-0.25, -0.2) is 4.98 Å². The van der Waals surface area contributed by atoms with Crippen LogP contribution >= 0.6 is 22.9 Å². The van der Waals surface area contributed by atoms with E-state index in [2.05, 4.69) is 10.3 Å². The van der Waals surface area contributed by atoms with Crippen molar-refractivity contribution in [1.29, 1.82) is 0 Å². The standard InChI is InChI=1S/C14H17ClN2O2S/c1-3-5-19-13-11(15)7-10(8-12(13)18-2)9-17-14-16-4-6-20-14/h4,6-8H,3,5,9H2,1-2H3,(H,16,17). The predicted molar refractivity (Wildman–Crippen MR) is 83.2 cm³/mol. The lowest BCUT2D eigenvalue weighted by molar-refractivity contribution is 0.294. The van der Waals surface area contributed by atoms with Crippen molar-refractivity contribution in [2.75, 3.05) is 19.0 Å². The monoisotopic (exact) mass is 312 g/mol. The summed E-state index contributed by atoms with van der Waals surface area (Å²) in [4.78, 5) is 4.17. The van der Waals surface area contributed by atoms with Gasteiger partial charge >= 0.3 is 0 Å². The zero-order chi connectivity index (χ0) is 14.4. The Morgan fingerprint density at radius 3 is 2.90 bits per heavy atom. The predicted octanol–water partition coefficient (Wildman–Crippen LogP) is 4.21. The highest BCUT2D eigenvalue weighted by Gasteiger charge is 2.12. The van der Waals surface area contributed by atoms with Crippen LogP contribution in [0.2, 0.25) is 5.02 Å². The van der Waals surface area contributed by atoms with Crippen molar-refractivity contribution in [3.63, 3.8) is 0 Å². The molecule has 2 rings (SSSR count). The van der Waals surface area contributed by atoms with Crippen LogP contribution in [0.5, 0.6) is 11.5 Å². The number of nitrogens with zero attached hydrogens (tertiary/aromatic N) is 1. The highest BCUT2D eigenvalue weighted by Crippen LogP contribution is 2.36. The van der Waals surface area contributed by atoms with Crippen LogP contribution < -0.4 is 14.8 Å². The molecule has 1 aromatic heterocycles. The smallest absolute Gasteiger partial charge is 0.182 e. The minimum Gasteiger partial charge on any atom is -0.493 e. The molecule has 0 aliphatic heterocycles. The topological polar surface area (TPSA) is 43.4 Å². The van der Waals surface area contributed by atoms with Crippen LogP contribution in [0, 0.1) is 0 Å². The Labute approximate surface area is 127 Å². The van der Waals surface area contributed by atoms with E-state index in [4.69, 9.17) is 21.1 Å². The SMILES string of the molecule is CCCOc1c(Cl)cc(CNc2nccs2)cc1OC. The van der Waals surface area contributed by atoms with Gasteiger partial charge in [-0.15, -0.1) is 11.3 Å². The number of anilines is 1. The van der Waals surface area contributed by atoms with Crippen LogP contribution in [0.4, 0.5) is 5.13 Å². The van der Waals surface area contributed by atoms with Crippen LogP contribution in [-0.4, -0.2) is 18.7 Å². The third kappa shape index (κ3) is 3.77. The lowest BCUT2D eigenvalue weighted by Gasteiger charge is -2.14. The summed E-state index contributed by atoms with van der Waals surface area (Å²) >= 11 is 7.82. The molecule has 0 saturated heterocycles. The molecule has 0 aliphatic carbocycles. The second-order valence-corrected chi connectivity index (χ2v) is 5.45. The molecule has 0 saturated carbocycles. The largest absolute Gasteiger partial charge is 0.493 e. The summed E-state index contributed by atoms with van der Waals surface area (Å²) in [6.07, 6.45) is 2.69. The Kier molecular flexibility index (Phi) is 5.49. The molecule has 0 unspecified atom stereocenters. The van der Waals surface area contributed by atoms with Crippen molar-refractivity contribution in [3.05, 3.63) is 34.3 Å². The molecular weight excluding hydrogens is 296 g/mol. The number of halogens is 1. The van der Waals surface area contributed by atoms with Gasteiger partial charge < -0.3 is 14.8 Å². The molecule has 6 heteroatoms. The third-order valence-electron chi connectivity index (χ3n) is 2.62. The third-order valence-corrected chi connectivity index (χ3v) is 3.63. The minimum atomic E-state index is 0.564. The van der Waals surface area contributed by atoms with Crippen molar-refractivity contribution in [2.45, 2.75) is 19.9 Å². The molecule has 0 fully saturated rings. The number of nitrogens with one attached hydrogen (secondary N) is 1. The van der Waals surface area contributed by atoms with Crippen LogP contribution in [0.25, 0.3) is 0 Å². The zero-order valence-corrected chi connectivity index (χ0v) is 13.1. The maximum atomic E-state index is 6.26. The Balaban J connectivity index is 2.12. The molecule has 20 heavy (non-hydrogen) atoms. The molecule has 4 nitrogen and oxygen atoms in total. The average molecular weight is 313 g/mol. The molecule has 0 atom stereocenters. The Hall–Kier alpha value is -1.46. The number of aromatic nitrogens is 1. The van der Waals surface area contributed by atoms with Gasteiger partial charge in [0, 0.05) is 18.1 Å². The van der Waals surface area contributed by atoms with Crippen molar-refractivity contribution in [2.24, 2.45) is 0 Å². The quantitative estimate of drug-likeness (QED) is 0.832. The van der Waals surface area contributed by atoms with Crippen LogP contribution in [0.15, 0.2) is 23.7 Å². The van der Waals surface area contributed by atoms with Crippen LogP contribution in [-0.2, 0) is 6.54 Å². The van der Waals surface area contributed by atoms with Crippen LogP contribution in [0.3, 0.4) is 0 Å². The molecule has 1 aromatic carbocycles. The lowest BCUT2D eigenvalue weighted by Crippen LogP contribution is -2.02. The average Bonchev–Trinajstić information content (AvgIpc) is 2.96. The van der Waals surface area contributed by atoms with E-state index in [-0.39, 0.29) is 0 Å². The van der Waals surface area contributed by atoms with E-state index in [1.807, 2.05) is 24.4 Å². The van der Waals surface area contributed by atoms with E-state index in [9.17, 15) is 0 Å². The molecule has 0 amide bonds. The summed E-state index contributed by atoms with van der Waals surface area (Å²) in [5, 5.41) is 6.61. The number of hydrogen-bond acceptors (Lipinski definition) is 5. The number of ether oxygens (including phenoxy) is 2. The second-order valence-electron chi connectivity index (χ2n) is 4.15. The van der Waals surface area contributed by atoms with E-state index in [1.54, 1.807) is 24.6 Å². The van der Waals surface area contributed by atoms with Gasteiger partial charge in [-0.3, -0.25) is 0 Å². The van der Waals surface area contributed by atoms with Gasteiger partial charge in [0.25, 0.3) is 0 Å². The number of rotatable bonds is 7. The molecular formula is C14H17ClN2O2S. The van der Waals surface area contributed by atoms with Gasteiger partial charge in [0.1, 0.15) is 0 Å². The summed E-state index contributed by atoms with van der Waals surface area (Å²) in [5.74, 6) is 1.26. The number of methoxy groups -OCH3 is 1. The first-order valence-corrected chi connectivity index (χ1v) is 7.63. The maximum absolute atomic E-state index is 6.26. The van der Waals surface area contributed by atoms with Gasteiger partial charge in [-0.05, 0) is 24.1 Å². The molecule has 1 heterocycles. The van der Waals surface area contributed by atoms with Gasteiger partial charge in [0.15, 0.2) is 16.6 Å². The Morgan fingerprint density at radius 1 is 1.40 bits per heavy atom. The molecule has 0 aliphatic rings. The molecule has 0 radical (unpaired) electrons. The van der Waals surface area contributed by atoms with E-state index >= 15 is 0 Å². The highest BCUT2D eigenvalue weighted by atomic mass is 35.5. The summed E-state index contributed by atoms with van der Waals surface area (Å²) in [6.45, 7) is 3.30. The second kappa shape index (κ2) is 7.36. The summed E-state index contributed by atoms with van der Waals surface area (Å²) < 4.78 is 11.0. The van der Waals surface area contributed by atoms with Crippen molar-refractivity contribution in [1.82, 2.24) is 4.98 Å². The molecule has 108 valence electrons. The fourth-order valence-electron chi connectivity index (χ4n) is 1.71. The van der Waals surface area contributed by atoms with E-state index in [1.165, 1.54) is 0 Å². The van der Waals surface area contributed by atoms with Crippen molar-refractivity contribution < 1.29 is 9.47 Å². The number of hydrogen-bond donors (Lipinski definition) is 1. The molecule has 0 spiro atoms. The first-order valence-electron chi connectivity index (χ1n) is 6.37. The summed E-state index contributed by atoms with van der Waals surface area (Å²) in [5.41, 5.74) is 1.02. The number of benzene rings is 1. The van der Waals surface area contributed by atoms with Gasteiger partial charge in [-0.1, -0.05) is 18.5 Å². The first kappa shape index (κ1) is 14.9. The summed E-state index contributed by atoms with van der Waals surface area (Å²) in [6, 6.07) is 3.81.